The van der Waals surface area contributed by atoms with Crippen molar-refractivity contribution in [3.05, 3.63) is 52.2 Å². The van der Waals surface area contributed by atoms with Crippen molar-refractivity contribution < 1.29 is 22.0 Å². The molecule has 2 atom stereocenters. The normalized spacial score (nSPS) is 17.7. The van der Waals surface area contributed by atoms with Crippen LogP contribution in [0, 0.1) is 17.2 Å². The van der Waals surface area contributed by atoms with Crippen LogP contribution in [-0.4, -0.2) is 25.8 Å². The summed E-state index contributed by atoms with van der Waals surface area (Å²) in [5.74, 6) is -7.14. The van der Waals surface area contributed by atoms with Crippen molar-refractivity contribution in [2.45, 2.75) is 47.9 Å². The van der Waals surface area contributed by atoms with Crippen molar-refractivity contribution in [1.82, 2.24) is 5.32 Å². The third-order valence-electron chi connectivity index (χ3n) is 5.23. The Morgan fingerprint density at radius 1 is 1.33 bits per heavy atom. The molecule has 1 aromatic carbocycles. The number of amides is 1. The summed E-state index contributed by atoms with van der Waals surface area (Å²) in [6.07, 6.45) is 0.719. The highest BCUT2D eigenvalue weighted by atomic mass is 32.2. The van der Waals surface area contributed by atoms with Crippen LogP contribution in [0.2, 0.25) is 0 Å². The molecule has 6 nitrogen and oxygen atoms in total. The minimum absolute atomic E-state index is 0.134. The third kappa shape index (κ3) is 4.38. The number of alkyl halides is 2. The Kier molecular flexibility index (Phi) is 6.00. The monoisotopic (exact) mass is 453 g/mol. The van der Waals surface area contributed by atoms with Crippen LogP contribution in [0.4, 0.5) is 8.78 Å². The van der Waals surface area contributed by atoms with Crippen molar-refractivity contribution in [1.29, 1.82) is 5.26 Å². The van der Waals surface area contributed by atoms with Crippen molar-refractivity contribution in [2.24, 2.45) is 11.7 Å². The van der Waals surface area contributed by atoms with Gasteiger partial charge in [0.25, 0.3) is 5.92 Å². The van der Waals surface area contributed by atoms with Crippen LogP contribution in [0.5, 0.6) is 0 Å². The smallest absolute Gasteiger partial charge is 0.279 e. The lowest BCUT2D eigenvalue weighted by molar-refractivity contribution is -0.140. The number of sulfone groups is 1. The van der Waals surface area contributed by atoms with Crippen LogP contribution in [-0.2, 0) is 20.4 Å². The number of rotatable bonds is 9. The second kappa shape index (κ2) is 8.06. The Morgan fingerprint density at radius 2 is 1.97 bits per heavy atom. The standard InChI is InChI=1S/C20H21F2N3O3S2/c1-13(18(24)26)20(21,22)17(25-19(12-23)8-9-19)16-15(7-10-29-16)30(27,28)11-14-5-3-2-4-6-14/h2-7,10,13,17,25H,8-9,11H2,1H3,(H2,24,26)/t13?,17-/m0/s1. The molecule has 30 heavy (non-hydrogen) atoms. The Labute approximate surface area is 177 Å². The van der Waals surface area contributed by atoms with Crippen LogP contribution in [0.25, 0.3) is 0 Å². The second-order valence-electron chi connectivity index (χ2n) is 7.46. The molecule has 3 rings (SSSR count). The number of nitrogens with one attached hydrogen (secondary N) is 1. The van der Waals surface area contributed by atoms with Crippen molar-refractivity contribution in [3.63, 3.8) is 0 Å². The van der Waals surface area contributed by atoms with Crippen molar-refractivity contribution in [2.75, 3.05) is 0 Å². The van der Waals surface area contributed by atoms with E-state index in [9.17, 15) is 18.5 Å². The maximum absolute atomic E-state index is 15.3. The first-order chi connectivity index (χ1) is 14.0. The SMILES string of the molecule is CC(C(N)=O)C(F)(F)[C@@H](NC1(C#N)CC1)c1sccc1S(=O)(=O)Cc1ccccc1. The molecular formula is C20H21F2N3O3S2. The molecule has 1 unspecified atom stereocenters. The van der Waals surface area contributed by atoms with Crippen molar-refractivity contribution in [3.8, 4) is 6.07 Å². The minimum atomic E-state index is -3.96. The Balaban J connectivity index is 2.04. The van der Waals surface area contributed by atoms with Gasteiger partial charge < -0.3 is 5.73 Å². The second-order valence-corrected chi connectivity index (χ2v) is 10.4. The molecule has 0 bridgehead atoms. The summed E-state index contributed by atoms with van der Waals surface area (Å²) in [4.78, 5) is 11.2. The molecular weight excluding hydrogens is 432 g/mol. The van der Waals surface area contributed by atoms with Crippen molar-refractivity contribution >= 4 is 27.1 Å². The van der Waals surface area contributed by atoms with Crippen LogP contribution < -0.4 is 11.1 Å². The molecule has 1 fully saturated rings. The van der Waals surface area contributed by atoms with Crippen LogP contribution >= 0.6 is 11.3 Å². The number of primary amides is 1. The zero-order valence-electron chi connectivity index (χ0n) is 16.1. The predicted molar refractivity (Wildman–Crippen MR) is 108 cm³/mol. The van der Waals surface area contributed by atoms with E-state index in [1.807, 2.05) is 6.07 Å². The first-order valence-electron chi connectivity index (χ1n) is 9.22. The van der Waals surface area contributed by atoms with Crippen LogP contribution in [0.1, 0.15) is 36.2 Å². The molecule has 0 aliphatic heterocycles. The van der Waals surface area contributed by atoms with Gasteiger partial charge in [-0.05, 0) is 36.8 Å². The fraction of sp³-hybridized carbons (Fsp3) is 0.400. The third-order valence-corrected chi connectivity index (χ3v) is 8.08. The summed E-state index contributed by atoms with van der Waals surface area (Å²) in [7, 11) is -3.96. The molecule has 1 saturated carbocycles. The quantitative estimate of drug-likeness (QED) is 0.606. The van der Waals surface area contributed by atoms with Gasteiger partial charge in [0.1, 0.15) is 17.5 Å². The van der Waals surface area contributed by atoms with Gasteiger partial charge in [0.2, 0.25) is 5.91 Å². The van der Waals surface area contributed by atoms with Gasteiger partial charge in [-0.1, -0.05) is 30.3 Å². The number of nitrogens with zero attached hydrogens (tertiary/aromatic N) is 1. The largest absolute Gasteiger partial charge is 0.369 e. The zero-order chi connectivity index (χ0) is 22.2. The summed E-state index contributed by atoms with van der Waals surface area (Å²) in [6.45, 7) is 0.995. The Hall–Kier alpha value is -2.35. The van der Waals surface area contributed by atoms with Gasteiger partial charge in [0, 0.05) is 4.88 Å². The molecule has 2 aromatic rings. The number of thiophene rings is 1. The molecule has 1 aliphatic rings. The fourth-order valence-corrected chi connectivity index (χ4v) is 6.10. The molecule has 0 saturated heterocycles. The Morgan fingerprint density at radius 3 is 2.50 bits per heavy atom. The van der Waals surface area contributed by atoms with Crippen LogP contribution in [0.15, 0.2) is 46.7 Å². The van der Waals surface area contributed by atoms with E-state index >= 15 is 8.78 Å². The van der Waals surface area contributed by atoms with E-state index < -0.39 is 39.2 Å². The average molecular weight is 454 g/mol. The fourth-order valence-electron chi connectivity index (χ4n) is 3.11. The highest BCUT2D eigenvalue weighted by molar-refractivity contribution is 7.90. The maximum Gasteiger partial charge on any atom is 0.279 e. The first-order valence-corrected chi connectivity index (χ1v) is 11.8. The summed E-state index contributed by atoms with van der Waals surface area (Å²) >= 11 is 0.847. The topological polar surface area (TPSA) is 113 Å². The lowest BCUT2D eigenvalue weighted by Gasteiger charge is -2.32. The molecule has 10 heteroatoms. The summed E-state index contributed by atoms with van der Waals surface area (Å²) in [5, 5.41) is 13.4. The van der Waals surface area contributed by atoms with Crippen LogP contribution in [0.3, 0.4) is 0 Å². The number of halogens is 2. The van der Waals surface area contributed by atoms with Gasteiger partial charge in [-0.15, -0.1) is 11.3 Å². The lowest BCUT2D eigenvalue weighted by atomic mass is 9.94. The molecule has 0 radical (unpaired) electrons. The van der Waals surface area contributed by atoms with Gasteiger partial charge in [-0.25, -0.2) is 17.2 Å². The average Bonchev–Trinajstić information content (AvgIpc) is 3.30. The maximum atomic E-state index is 15.3. The van der Waals surface area contributed by atoms with Gasteiger partial charge in [-0.3, -0.25) is 10.1 Å². The first kappa shape index (κ1) is 22.3. The molecule has 160 valence electrons. The minimum Gasteiger partial charge on any atom is -0.369 e. The van der Waals surface area contributed by atoms with E-state index in [1.54, 1.807) is 30.3 Å². The lowest BCUT2D eigenvalue weighted by Crippen LogP contribution is -2.49. The highest BCUT2D eigenvalue weighted by Crippen LogP contribution is 2.47. The van der Waals surface area contributed by atoms with E-state index in [0.717, 1.165) is 18.3 Å². The molecule has 1 aliphatic carbocycles. The Bertz CT molecular complexity index is 1070. The van der Waals surface area contributed by atoms with E-state index in [4.69, 9.17) is 5.73 Å². The van der Waals surface area contributed by atoms with Gasteiger partial charge in [0.15, 0.2) is 9.84 Å². The van der Waals surface area contributed by atoms with E-state index in [0.29, 0.717) is 18.4 Å². The molecule has 3 N–H and O–H groups in total. The van der Waals surface area contributed by atoms with Gasteiger partial charge in [0.05, 0.1) is 16.7 Å². The van der Waals surface area contributed by atoms with Gasteiger partial charge in [-0.2, -0.15) is 5.26 Å². The number of carbonyl (C=O) groups excluding carboxylic acids is 1. The predicted octanol–water partition coefficient (Wildman–Crippen LogP) is 3.17. The molecule has 0 spiro atoms. The summed E-state index contributed by atoms with van der Waals surface area (Å²) < 4.78 is 56.7. The number of nitriles is 1. The molecule has 1 amide bonds. The van der Waals surface area contributed by atoms with E-state index in [-0.39, 0.29) is 15.5 Å². The van der Waals surface area contributed by atoms with E-state index in [1.165, 1.54) is 11.4 Å². The zero-order valence-corrected chi connectivity index (χ0v) is 17.8. The summed E-state index contributed by atoms with van der Waals surface area (Å²) in [6, 6.07) is 9.81. The van der Waals surface area contributed by atoms with E-state index in [2.05, 4.69) is 5.32 Å². The molecule has 1 heterocycles. The number of hydrogen-bond donors (Lipinski definition) is 2. The number of benzene rings is 1. The number of hydrogen-bond acceptors (Lipinski definition) is 6. The highest BCUT2D eigenvalue weighted by Gasteiger charge is 2.55. The van der Waals surface area contributed by atoms with Gasteiger partial charge >= 0.3 is 0 Å². The number of nitrogens with two attached hydrogens (primary N) is 1. The summed E-state index contributed by atoms with van der Waals surface area (Å²) in [5.41, 5.74) is 4.47. The molecule has 1 aromatic heterocycles. The number of carbonyl (C=O) groups is 1.